The number of fused-ring (bicyclic) bond motifs is 1. The van der Waals surface area contributed by atoms with Gasteiger partial charge < -0.3 is 9.73 Å². The van der Waals surface area contributed by atoms with Gasteiger partial charge in [0.05, 0.1) is 18.5 Å². The SMILES string of the molecule is C[C@]1(C(=O)NCc2ccc(F)cc2)Cn2nc(-c3ccco3)cc2C(=O)N1c1ccccc1F. The van der Waals surface area contributed by atoms with Gasteiger partial charge in [-0.25, -0.2) is 8.78 Å². The van der Waals surface area contributed by atoms with E-state index in [1.807, 2.05) is 0 Å². The van der Waals surface area contributed by atoms with Gasteiger partial charge in [0.25, 0.3) is 5.91 Å². The summed E-state index contributed by atoms with van der Waals surface area (Å²) < 4.78 is 34.9. The van der Waals surface area contributed by atoms with Crippen molar-refractivity contribution < 1.29 is 22.8 Å². The van der Waals surface area contributed by atoms with Crippen molar-refractivity contribution in [2.24, 2.45) is 0 Å². The summed E-state index contributed by atoms with van der Waals surface area (Å²) in [5, 5.41) is 7.26. The van der Waals surface area contributed by atoms with Crippen LogP contribution < -0.4 is 10.2 Å². The van der Waals surface area contributed by atoms with Crippen molar-refractivity contribution in [2.75, 3.05) is 4.90 Å². The fourth-order valence-electron chi connectivity index (χ4n) is 4.11. The highest BCUT2D eigenvalue weighted by molar-refractivity contribution is 6.12. The number of furan rings is 1. The second-order valence-corrected chi connectivity index (χ2v) is 8.22. The normalized spacial score (nSPS) is 17.5. The minimum Gasteiger partial charge on any atom is -0.463 e. The summed E-state index contributed by atoms with van der Waals surface area (Å²) in [6.45, 7) is 1.66. The van der Waals surface area contributed by atoms with Gasteiger partial charge in [-0.2, -0.15) is 5.10 Å². The third kappa shape index (κ3) is 3.64. The van der Waals surface area contributed by atoms with E-state index in [2.05, 4.69) is 10.4 Å². The van der Waals surface area contributed by atoms with E-state index in [0.29, 0.717) is 17.0 Å². The van der Waals surface area contributed by atoms with Gasteiger partial charge in [0.15, 0.2) is 5.76 Å². The van der Waals surface area contributed by atoms with E-state index >= 15 is 0 Å². The van der Waals surface area contributed by atoms with Gasteiger partial charge in [-0.1, -0.05) is 24.3 Å². The molecule has 7 nitrogen and oxygen atoms in total. The maximum absolute atomic E-state index is 14.8. The average molecular weight is 462 g/mol. The maximum atomic E-state index is 14.8. The maximum Gasteiger partial charge on any atom is 0.277 e. The third-order valence-electron chi connectivity index (χ3n) is 5.88. The predicted octanol–water partition coefficient (Wildman–Crippen LogP) is 4.16. The van der Waals surface area contributed by atoms with Crippen LogP contribution in [0.25, 0.3) is 11.5 Å². The minimum absolute atomic E-state index is 0.0149. The number of amides is 2. The topological polar surface area (TPSA) is 80.4 Å². The van der Waals surface area contributed by atoms with E-state index in [1.165, 1.54) is 46.2 Å². The highest BCUT2D eigenvalue weighted by Crippen LogP contribution is 2.35. The van der Waals surface area contributed by atoms with Crippen LogP contribution in [0.15, 0.2) is 77.4 Å². The molecule has 172 valence electrons. The molecule has 9 heteroatoms. The number of rotatable bonds is 5. The summed E-state index contributed by atoms with van der Waals surface area (Å²) >= 11 is 0. The number of nitrogens with one attached hydrogen (secondary N) is 1. The standard InChI is InChI=1S/C25H20F2N4O3/c1-25(24(33)28-14-16-8-10-17(26)11-9-16)15-30-21(13-19(29-30)22-7-4-12-34-22)23(32)31(25)20-6-3-2-5-18(20)27/h2-13H,14-15H2,1H3,(H,28,33)/t25-/m1/s1. The summed E-state index contributed by atoms with van der Waals surface area (Å²) in [6, 6.07) is 16.5. The number of para-hydroxylation sites is 1. The molecule has 0 unspecified atom stereocenters. The summed E-state index contributed by atoms with van der Waals surface area (Å²) in [4.78, 5) is 28.3. The first-order chi connectivity index (χ1) is 16.4. The van der Waals surface area contributed by atoms with Crippen molar-refractivity contribution in [1.82, 2.24) is 15.1 Å². The van der Waals surface area contributed by atoms with Crippen molar-refractivity contribution in [2.45, 2.75) is 25.6 Å². The molecule has 4 aromatic rings. The van der Waals surface area contributed by atoms with Crippen LogP contribution in [0.3, 0.4) is 0 Å². The molecular weight excluding hydrogens is 442 g/mol. The monoisotopic (exact) mass is 462 g/mol. The largest absolute Gasteiger partial charge is 0.463 e. The van der Waals surface area contributed by atoms with Gasteiger partial charge in [0.1, 0.15) is 28.6 Å². The Hall–Kier alpha value is -4.27. The van der Waals surface area contributed by atoms with Crippen LogP contribution >= 0.6 is 0 Å². The fraction of sp³-hybridized carbons (Fsp3) is 0.160. The van der Waals surface area contributed by atoms with Gasteiger partial charge in [0, 0.05) is 12.6 Å². The Bertz CT molecular complexity index is 1370. The Morgan fingerprint density at radius 1 is 1.12 bits per heavy atom. The average Bonchev–Trinajstić information content (AvgIpc) is 3.50. The Labute approximate surface area is 193 Å². The number of hydrogen-bond acceptors (Lipinski definition) is 4. The molecular formula is C25H20F2N4O3. The van der Waals surface area contributed by atoms with Crippen LogP contribution in [0.1, 0.15) is 23.0 Å². The van der Waals surface area contributed by atoms with Crippen LogP contribution in [0.2, 0.25) is 0 Å². The Balaban J connectivity index is 1.54. The van der Waals surface area contributed by atoms with Crippen LogP contribution in [0.4, 0.5) is 14.5 Å². The molecule has 1 N–H and O–H groups in total. The quantitative estimate of drug-likeness (QED) is 0.483. The lowest BCUT2D eigenvalue weighted by atomic mass is 9.93. The van der Waals surface area contributed by atoms with E-state index in [-0.39, 0.29) is 30.3 Å². The number of carbonyl (C=O) groups is 2. The van der Waals surface area contributed by atoms with Crippen LogP contribution in [-0.2, 0) is 17.9 Å². The van der Waals surface area contributed by atoms with E-state index in [0.717, 1.165) is 0 Å². The van der Waals surface area contributed by atoms with E-state index in [1.54, 1.807) is 43.3 Å². The molecule has 0 saturated heterocycles. The van der Waals surface area contributed by atoms with Crippen molar-refractivity contribution >= 4 is 17.5 Å². The first-order valence-electron chi connectivity index (χ1n) is 10.6. The molecule has 0 radical (unpaired) electrons. The van der Waals surface area contributed by atoms with Gasteiger partial charge in [-0.05, 0) is 48.9 Å². The van der Waals surface area contributed by atoms with E-state index in [9.17, 15) is 18.4 Å². The predicted molar refractivity (Wildman–Crippen MR) is 120 cm³/mol. The molecule has 1 atom stereocenters. The first kappa shape index (κ1) is 21.6. The number of carbonyl (C=O) groups excluding carboxylic acids is 2. The lowest BCUT2D eigenvalue weighted by Crippen LogP contribution is -2.64. The zero-order valence-corrected chi connectivity index (χ0v) is 18.2. The zero-order chi connectivity index (χ0) is 23.9. The van der Waals surface area contributed by atoms with Crippen molar-refractivity contribution in [3.63, 3.8) is 0 Å². The summed E-state index contributed by atoms with van der Waals surface area (Å²) in [5.74, 6) is -1.62. The number of aromatic nitrogens is 2. The molecule has 3 heterocycles. The minimum atomic E-state index is -1.50. The zero-order valence-electron chi connectivity index (χ0n) is 18.2. The van der Waals surface area contributed by atoms with Crippen molar-refractivity contribution in [3.05, 3.63) is 95.9 Å². The Morgan fingerprint density at radius 3 is 2.59 bits per heavy atom. The molecule has 0 fully saturated rings. The van der Waals surface area contributed by atoms with Gasteiger partial charge in [0.2, 0.25) is 5.91 Å². The first-order valence-corrected chi connectivity index (χ1v) is 10.6. The molecule has 2 aromatic heterocycles. The Kier molecular flexibility index (Phi) is 5.24. The van der Waals surface area contributed by atoms with Crippen molar-refractivity contribution in [1.29, 1.82) is 0 Å². The highest BCUT2D eigenvalue weighted by Gasteiger charge is 2.49. The molecule has 0 bridgehead atoms. The lowest BCUT2D eigenvalue weighted by molar-refractivity contribution is -0.126. The number of anilines is 1. The van der Waals surface area contributed by atoms with Gasteiger partial charge in [-0.3, -0.25) is 19.2 Å². The second kappa shape index (κ2) is 8.26. The second-order valence-electron chi connectivity index (χ2n) is 8.22. The summed E-state index contributed by atoms with van der Waals surface area (Å²) in [7, 11) is 0. The summed E-state index contributed by atoms with van der Waals surface area (Å²) in [6.07, 6.45) is 1.49. The smallest absolute Gasteiger partial charge is 0.277 e. The van der Waals surface area contributed by atoms with Crippen LogP contribution in [0.5, 0.6) is 0 Å². The highest BCUT2D eigenvalue weighted by atomic mass is 19.1. The van der Waals surface area contributed by atoms with Crippen LogP contribution in [0, 0.1) is 11.6 Å². The van der Waals surface area contributed by atoms with Crippen molar-refractivity contribution in [3.8, 4) is 11.5 Å². The van der Waals surface area contributed by atoms with E-state index in [4.69, 9.17) is 4.42 Å². The fourth-order valence-corrected chi connectivity index (χ4v) is 4.11. The van der Waals surface area contributed by atoms with Gasteiger partial charge in [-0.15, -0.1) is 0 Å². The number of hydrogen-bond donors (Lipinski definition) is 1. The number of nitrogens with zero attached hydrogens (tertiary/aromatic N) is 3. The third-order valence-corrected chi connectivity index (χ3v) is 5.88. The molecule has 0 saturated carbocycles. The molecule has 1 aliphatic rings. The molecule has 0 spiro atoms. The number of halogens is 2. The molecule has 2 amide bonds. The number of benzene rings is 2. The lowest BCUT2D eigenvalue weighted by Gasteiger charge is -2.43. The van der Waals surface area contributed by atoms with Crippen LogP contribution in [-0.4, -0.2) is 27.1 Å². The molecule has 1 aliphatic heterocycles. The summed E-state index contributed by atoms with van der Waals surface area (Å²) in [5.41, 5.74) is -0.202. The van der Waals surface area contributed by atoms with Gasteiger partial charge >= 0.3 is 0 Å². The Morgan fingerprint density at radius 2 is 1.88 bits per heavy atom. The molecule has 34 heavy (non-hydrogen) atoms. The molecule has 2 aromatic carbocycles. The molecule has 0 aliphatic carbocycles. The molecule has 5 rings (SSSR count). The van der Waals surface area contributed by atoms with E-state index < -0.39 is 23.2 Å².